The zero-order valence-corrected chi connectivity index (χ0v) is 14.9. The quantitative estimate of drug-likeness (QED) is 0.341. The first-order valence-electron chi connectivity index (χ1n) is 7.86. The zero-order valence-electron chi connectivity index (χ0n) is 14.1. The molecule has 7 nitrogen and oxygen atoms in total. The average molecular weight is 419 g/mol. The van der Waals surface area contributed by atoms with Crippen molar-refractivity contribution >= 4 is 28.9 Å². The summed E-state index contributed by atoms with van der Waals surface area (Å²) in [5.74, 6) is -0.946. The second-order valence-electron chi connectivity index (χ2n) is 5.61. The molecule has 2 rings (SSSR count). The minimum atomic E-state index is -4.55. The Bertz CT molecular complexity index is 890. The molecule has 0 heterocycles. The van der Waals surface area contributed by atoms with Crippen LogP contribution in [0.5, 0.6) is 11.5 Å². The van der Waals surface area contributed by atoms with E-state index >= 15 is 0 Å². The fourth-order valence-electron chi connectivity index (χ4n) is 2.23. The summed E-state index contributed by atoms with van der Waals surface area (Å²) < 4.78 is 43.5. The third kappa shape index (κ3) is 5.74. The van der Waals surface area contributed by atoms with E-state index in [-0.39, 0.29) is 47.3 Å². The van der Waals surface area contributed by atoms with Crippen LogP contribution in [0.1, 0.15) is 18.4 Å². The predicted molar refractivity (Wildman–Crippen MR) is 95.0 cm³/mol. The van der Waals surface area contributed by atoms with Gasteiger partial charge in [-0.2, -0.15) is 13.2 Å². The number of benzene rings is 2. The fraction of sp³-hybridized carbons (Fsp3) is 0.235. The van der Waals surface area contributed by atoms with E-state index in [2.05, 4.69) is 5.32 Å². The maximum absolute atomic E-state index is 12.7. The molecular weight excluding hydrogens is 405 g/mol. The highest BCUT2D eigenvalue weighted by molar-refractivity contribution is 6.32. The van der Waals surface area contributed by atoms with Crippen LogP contribution in [0.2, 0.25) is 5.02 Å². The standard InChI is InChI=1S/C17H14ClF3N2O5/c18-12-8-10(17(19,20)21)3-6-15(12)28-11-4-5-14(23(26)27)13(9-11)22-7-1-2-16(24)25/h3-6,8-9,22H,1-2,7H2,(H,24,25). The van der Waals surface area contributed by atoms with E-state index in [0.29, 0.717) is 6.07 Å². The minimum absolute atomic E-state index is 0.0552. The van der Waals surface area contributed by atoms with Crippen molar-refractivity contribution in [3.05, 3.63) is 57.1 Å². The molecule has 0 radical (unpaired) electrons. The summed E-state index contributed by atoms with van der Waals surface area (Å²) >= 11 is 5.83. The molecule has 150 valence electrons. The zero-order chi connectivity index (χ0) is 20.9. The molecular formula is C17H14ClF3N2O5. The lowest BCUT2D eigenvalue weighted by atomic mass is 10.2. The van der Waals surface area contributed by atoms with Gasteiger partial charge in [0.1, 0.15) is 17.2 Å². The second kappa shape index (κ2) is 8.79. The number of ether oxygens (including phenoxy) is 1. The van der Waals surface area contributed by atoms with E-state index in [1.54, 1.807) is 0 Å². The summed E-state index contributed by atoms with van der Waals surface area (Å²) in [5.41, 5.74) is -1.12. The van der Waals surface area contributed by atoms with Crippen LogP contribution in [0, 0.1) is 10.1 Å². The van der Waals surface area contributed by atoms with E-state index in [1.807, 2.05) is 0 Å². The Kier molecular flexibility index (Phi) is 6.68. The highest BCUT2D eigenvalue weighted by atomic mass is 35.5. The van der Waals surface area contributed by atoms with Crippen molar-refractivity contribution in [2.75, 3.05) is 11.9 Å². The number of nitro benzene ring substituents is 1. The van der Waals surface area contributed by atoms with Gasteiger partial charge in [-0.25, -0.2) is 0 Å². The number of anilines is 1. The number of alkyl halides is 3. The van der Waals surface area contributed by atoms with Crippen molar-refractivity contribution in [1.82, 2.24) is 0 Å². The number of aliphatic carboxylic acids is 1. The molecule has 0 unspecified atom stereocenters. The van der Waals surface area contributed by atoms with Gasteiger partial charge in [-0.05, 0) is 30.7 Å². The second-order valence-corrected chi connectivity index (χ2v) is 6.01. The van der Waals surface area contributed by atoms with Crippen molar-refractivity contribution in [2.45, 2.75) is 19.0 Å². The molecule has 2 N–H and O–H groups in total. The van der Waals surface area contributed by atoms with Crippen LogP contribution in [0.25, 0.3) is 0 Å². The molecule has 0 aliphatic heterocycles. The Labute approximate surface area is 161 Å². The van der Waals surface area contributed by atoms with Gasteiger partial charge in [0.15, 0.2) is 0 Å². The number of carboxylic acids is 1. The Balaban J connectivity index is 2.20. The largest absolute Gasteiger partial charge is 0.481 e. The van der Waals surface area contributed by atoms with Crippen LogP contribution in [0.4, 0.5) is 24.5 Å². The first-order chi connectivity index (χ1) is 13.1. The number of carboxylic acid groups (broad SMARTS) is 1. The van der Waals surface area contributed by atoms with Crippen LogP contribution in [-0.4, -0.2) is 22.5 Å². The minimum Gasteiger partial charge on any atom is -0.481 e. The molecule has 0 saturated heterocycles. The lowest BCUT2D eigenvalue weighted by Crippen LogP contribution is -2.07. The molecule has 11 heteroatoms. The first kappa shape index (κ1) is 21.3. The summed E-state index contributed by atoms with van der Waals surface area (Å²) in [6, 6.07) is 6.28. The molecule has 0 bridgehead atoms. The van der Waals surface area contributed by atoms with Gasteiger partial charge in [0.2, 0.25) is 0 Å². The van der Waals surface area contributed by atoms with Gasteiger partial charge >= 0.3 is 12.1 Å². The van der Waals surface area contributed by atoms with E-state index in [9.17, 15) is 28.1 Å². The van der Waals surface area contributed by atoms with E-state index in [4.69, 9.17) is 21.4 Å². The Hall–Kier alpha value is -3.01. The first-order valence-corrected chi connectivity index (χ1v) is 8.24. The van der Waals surface area contributed by atoms with E-state index < -0.39 is 22.6 Å². The number of halogens is 4. The maximum atomic E-state index is 12.7. The molecule has 0 amide bonds. The monoisotopic (exact) mass is 418 g/mol. The van der Waals surface area contributed by atoms with Crippen molar-refractivity contribution in [3.63, 3.8) is 0 Å². The Morgan fingerprint density at radius 1 is 1.25 bits per heavy atom. The summed E-state index contributed by atoms with van der Waals surface area (Å²) in [6.45, 7) is 0.164. The number of hydrogen-bond acceptors (Lipinski definition) is 5. The molecule has 0 aliphatic carbocycles. The van der Waals surface area contributed by atoms with Crippen molar-refractivity contribution in [2.24, 2.45) is 0 Å². The molecule has 0 atom stereocenters. The van der Waals surface area contributed by atoms with E-state index in [0.717, 1.165) is 18.2 Å². The van der Waals surface area contributed by atoms with Gasteiger partial charge in [-0.3, -0.25) is 14.9 Å². The predicted octanol–water partition coefficient (Wildman–Crippen LogP) is 5.34. The third-order valence-corrected chi connectivity index (χ3v) is 3.83. The summed E-state index contributed by atoms with van der Waals surface area (Å²) in [4.78, 5) is 21.0. The molecule has 28 heavy (non-hydrogen) atoms. The third-order valence-electron chi connectivity index (χ3n) is 3.53. The highest BCUT2D eigenvalue weighted by Gasteiger charge is 2.31. The van der Waals surface area contributed by atoms with Crippen LogP contribution in [0.3, 0.4) is 0 Å². The van der Waals surface area contributed by atoms with E-state index in [1.165, 1.54) is 12.1 Å². The molecule has 0 spiro atoms. The summed E-state index contributed by atoms with van der Waals surface area (Å²) in [7, 11) is 0. The molecule has 0 aliphatic rings. The lowest BCUT2D eigenvalue weighted by Gasteiger charge is -2.12. The Morgan fingerprint density at radius 2 is 1.96 bits per heavy atom. The summed E-state index contributed by atoms with van der Waals surface area (Å²) in [5, 5.41) is 22.2. The van der Waals surface area contributed by atoms with Crippen molar-refractivity contribution < 1.29 is 32.7 Å². The number of rotatable bonds is 8. The SMILES string of the molecule is O=C(O)CCCNc1cc(Oc2ccc(C(F)(F)F)cc2Cl)ccc1[N+](=O)[O-]. The van der Waals surface area contributed by atoms with Crippen LogP contribution >= 0.6 is 11.6 Å². The topological polar surface area (TPSA) is 102 Å². The van der Waals surface area contributed by atoms with Crippen LogP contribution in [-0.2, 0) is 11.0 Å². The molecule has 0 saturated carbocycles. The smallest absolute Gasteiger partial charge is 0.416 e. The van der Waals surface area contributed by atoms with Gasteiger partial charge in [-0.15, -0.1) is 0 Å². The lowest BCUT2D eigenvalue weighted by molar-refractivity contribution is -0.384. The summed E-state index contributed by atoms with van der Waals surface area (Å²) in [6.07, 6.45) is -4.43. The van der Waals surface area contributed by atoms with Crippen LogP contribution < -0.4 is 10.1 Å². The van der Waals surface area contributed by atoms with Gasteiger partial charge in [0.25, 0.3) is 5.69 Å². The molecule has 0 fully saturated rings. The van der Waals surface area contributed by atoms with Crippen molar-refractivity contribution in [3.8, 4) is 11.5 Å². The number of nitro groups is 1. The normalized spacial score (nSPS) is 11.1. The Morgan fingerprint density at radius 3 is 2.54 bits per heavy atom. The average Bonchev–Trinajstić information content (AvgIpc) is 2.59. The number of carbonyl (C=O) groups is 1. The van der Waals surface area contributed by atoms with Gasteiger partial charge in [0, 0.05) is 25.1 Å². The fourth-order valence-corrected chi connectivity index (χ4v) is 2.45. The highest BCUT2D eigenvalue weighted by Crippen LogP contribution is 2.37. The molecule has 2 aromatic carbocycles. The molecule has 0 aromatic heterocycles. The van der Waals surface area contributed by atoms with Gasteiger partial charge < -0.3 is 15.2 Å². The number of nitrogens with one attached hydrogen (secondary N) is 1. The van der Waals surface area contributed by atoms with Gasteiger partial charge in [0.05, 0.1) is 15.5 Å². The van der Waals surface area contributed by atoms with Crippen molar-refractivity contribution in [1.29, 1.82) is 0 Å². The number of hydrogen-bond donors (Lipinski definition) is 2. The maximum Gasteiger partial charge on any atom is 0.416 e. The molecule has 2 aromatic rings. The van der Waals surface area contributed by atoms with Gasteiger partial charge in [-0.1, -0.05) is 11.6 Å². The van der Waals surface area contributed by atoms with Crippen LogP contribution in [0.15, 0.2) is 36.4 Å². The number of nitrogens with zero attached hydrogens (tertiary/aromatic N) is 1.